The summed E-state index contributed by atoms with van der Waals surface area (Å²) in [6.45, 7) is 5.17. The molecule has 1 fully saturated rings. The minimum absolute atomic E-state index is 0. The summed E-state index contributed by atoms with van der Waals surface area (Å²) < 4.78 is 11.1. The first-order valence-electron chi connectivity index (χ1n) is 9.58. The quantitative estimate of drug-likeness (QED) is 0.193. The molecule has 0 radical (unpaired) electrons. The van der Waals surface area contributed by atoms with Crippen LogP contribution in [0.3, 0.4) is 0 Å². The van der Waals surface area contributed by atoms with Crippen LogP contribution >= 0.6 is 24.0 Å². The summed E-state index contributed by atoms with van der Waals surface area (Å²) in [5, 5.41) is 9.26. The Morgan fingerprint density at radius 3 is 2.71 bits per heavy atom. The molecule has 0 atom stereocenters. The topological polar surface area (TPSA) is 96.9 Å². The lowest BCUT2D eigenvalue weighted by molar-refractivity contribution is 0.0203. The molecule has 0 spiro atoms. The minimum Gasteiger partial charge on any atom is -0.381 e. The number of aromatic nitrogens is 1. The first-order valence-corrected chi connectivity index (χ1v) is 9.58. The lowest BCUT2D eigenvalue weighted by Crippen LogP contribution is -2.42. The van der Waals surface area contributed by atoms with Crippen LogP contribution in [0.25, 0.3) is 0 Å². The van der Waals surface area contributed by atoms with Crippen molar-refractivity contribution in [3.8, 4) is 0 Å². The summed E-state index contributed by atoms with van der Waals surface area (Å²) in [6.07, 6.45) is 6.32. The number of hydrogen-bond donors (Lipinski definition) is 3. The number of rotatable bonds is 10. The average molecular weight is 505 g/mol. The summed E-state index contributed by atoms with van der Waals surface area (Å²) in [4.78, 5) is 20.0. The third-order valence-corrected chi connectivity index (χ3v) is 4.30. The Hall–Kier alpha value is -1.46. The third-order valence-electron chi connectivity index (χ3n) is 4.30. The van der Waals surface area contributed by atoms with Crippen molar-refractivity contribution in [1.29, 1.82) is 0 Å². The number of guanidine groups is 1. The maximum Gasteiger partial charge on any atom is 0.252 e. The number of nitrogens with one attached hydrogen (secondary N) is 3. The zero-order chi connectivity index (χ0) is 19.2. The van der Waals surface area contributed by atoms with Gasteiger partial charge in [-0.05, 0) is 37.3 Å². The van der Waals surface area contributed by atoms with E-state index in [0.29, 0.717) is 24.6 Å². The minimum atomic E-state index is -0.130. The summed E-state index contributed by atoms with van der Waals surface area (Å²) >= 11 is 0. The van der Waals surface area contributed by atoms with Gasteiger partial charge in [0.2, 0.25) is 0 Å². The maximum absolute atomic E-state index is 11.9. The van der Waals surface area contributed by atoms with Gasteiger partial charge in [-0.25, -0.2) is 0 Å². The van der Waals surface area contributed by atoms with Crippen molar-refractivity contribution in [2.45, 2.75) is 19.3 Å². The van der Waals surface area contributed by atoms with Crippen molar-refractivity contribution in [1.82, 2.24) is 20.9 Å². The molecule has 0 unspecified atom stereocenters. The number of nitrogens with zero attached hydrogens (tertiary/aromatic N) is 2. The predicted octanol–water partition coefficient (Wildman–Crippen LogP) is 1.43. The zero-order valence-corrected chi connectivity index (χ0v) is 18.8. The normalized spacial score (nSPS) is 14.8. The van der Waals surface area contributed by atoms with E-state index in [1.165, 1.54) is 0 Å². The third kappa shape index (κ3) is 10.2. The van der Waals surface area contributed by atoms with E-state index in [4.69, 9.17) is 9.47 Å². The smallest absolute Gasteiger partial charge is 0.252 e. The lowest BCUT2D eigenvalue weighted by Gasteiger charge is -2.21. The molecular weight excluding hydrogens is 473 g/mol. The Kier molecular flexibility index (Phi) is 13.6. The number of hydrogen-bond acceptors (Lipinski definition) is 5. The monoisotopic (exact) mass is 505 g/mol. The van der Waals surface area contributed by atoms with Crippen LogP contribution in [0, 0.1) is 5.92 Å². The van der Waals surface area contributed by atoms with Crippen molar-refractivity contribution >= 4 is 35.8 Å². The van der Waals surface area contributed by atoms with Crippen LogP contribution in [0.4, 0.5) is 0 Å². The Morgan fingerprint density at radius 2 is 2.00 bits per heavy atom. The number of carbonyl (C=O) groups excluding carboxylic acids is 1. The highest BCUT2D eigenvalue weighted by molar-refractivity contribution is 14.0. The molecule has 9 heteroatoms. The fourth-order valence-corrected chi connectivity index (χ4v) is 2.72. The van der Waals surface area contributed by atoms with Gasteiger partial charge in [0.05, 0.1) is 5.56 Å². The number of ether oxygens (including phenoxy) is 2. The largest absolute Gasteiger partial charge is 0.381 e. The lowest BCUT2D eigenvalue weighted by atomic mass is 10.0. The van der Waals surface area contributed by atoms with Gasteiger partial charge in [-0.15, -0.1) is 24.0 Å². The number of pyridine rings is 1. The molecular formula is C19H32IN5O3. The second-order valence-electron chi connectivity index (χ2n) is 6.41. The molecule has 2 rings (SSSR count). The van der Waals surface area contributed by atoms with Gasteiger partial charge in [0.25, 0.3) is 5.91 Å². The van der Waals surface area contributed by atoms with Crippen LogP contribution in [-0.4, -0.2) is 70.0 Å². The van der Waals surface area contributed by atoms with E-state index in [1.54, 1.807) is 31.6 Å². The SMILES string of the molecule is CN=C(NCCCOCC1CCOCC1)NCCNC(=O)c1cccnc1.I. The van der Waals surface area contributed by atoms with Crippen LogP contribution in [0.1, 0.15) is 29.6 Å². The second-order valence-corrected chi connectivity index (χ2v) is 6.41. The molecule has 2 heterocycles. The fourth-order valence-electron chi connectivity index (χ4n) is 2.72. The van der Waals surface area contributed by atoms with E-state index < -0.39 is 0 Å². The highest BCUT2D eigenvalue weighted by atomic mass is 127. The van der Waals surface area contributed by atoms with E-state index in [1.807, 2.05) is 0 Å². The number of halogens is 1. The first kappa shape index (κ1) is 24.6. The van der Waals surface area contributed by atoms with Crippen molar-refractivity contribution in [3.63, 3.8) is 0 Å². The van der Waals surface area contributed by atoms with Gasteiger partial charge >= 0.3 is 0 Å². The number of amides is 1. The van der Waals surface area contributed by atoms with Gasteiger partial charge < -0.3 is 25.4 Å². The maximum atomic E-state index is 11.9. The Labute approximate surface area is 184 Å². The van der Waals surface area contributed by atoms with Gasteiger partial charge in [-0.2, -0.15) is 0 Å². The molecule has 8 nitrogen and oxygen atoms in total. The first-order chi connectivity index (χ1) is 13.3. The highest BCUT2D eigenvalue weighted by Crippen LogP contribution is 2.14. The molecule has 28 heavy (non-hydrogen) atoms. The van der Waals surface area contributed by atoms with Crippen molar-refractivity contribution in [2.75, 3.05) is 53.1 Å². The molecule has 158 valence electrons. The molecule has 0 aromatic carbocycles. The number of carbonyl (C=O) groups is 1. The van der Waals surface area contributed by atoms with Gasteiger partial charge in [-0.1, -0.05) is 0 Å². The van der Waals surface area contributed by atoms with Crippen LogP contribution in [0.15, 0.2) is 29.5 Å². The van der Waals surface area contributed by atoms with E-state index in [9.17, 15) is 4.79 Å². The zero-order valence-electron chi connectivity index (χ0n) is 16.5. The molecule has 1 aromatic heterocycles. The van der Waals surface area contributed by atoms with Crippen molar-refractivity contribution < 1.29 is 14.3 Å². The van der Waals surface area contributed by atoms with Crippen LogP contribution in [-0.2, 0) is 9.47 Å². The molecule has 1 aliphatic heterocycles. The Morgan fingerprint density at radius 1 is 1.25 bits per heavy atom. The molecule has 3 N–H and O–H groups in total. The Bertz CT molecular complexity index is 568. The van der Waals surface area contributed by atoms with E-state index in [0.717, 1.165) is 58.2 Å². The summed E-state index contributed by atoms with van der Waals surface area (Å²) in [6, 6.07) is 3.48. The van der Waals surface area contributed by atoms with Gasteiger partial charge in [0.1, 0.15) is 0 Å². The number of aliphatic imine (C=N–C) groups is 1. The fraction of sp³-hybridized carbons (Fsp3) is 0.632. The van der Waals surface area contributed by atoms with Crippen molar-refractivity contribution in [3.05, 3.63) is 30.1 Å². The summed E-state index contributed by atoms with van der Waals surface area (Å²) in [5.74, 6) is 1.23. The average Bonchev–Trinajstić information content (AvgIpc) is 2.73. The summed E-state index contributed by atoms with van der Waals surface area (Å²) in [7, 11) is 1.73. The van der Waals surface area contributed by atoms with E-state index in [-0.39, 0.29) is 29.9 Å². The summed E-state index contributed by atoms with van der Waals surface area (Å²) in [5.41, 5.74) is 0.556. The molecule has 1 saturated heterocycles. The molecule has 0 bridgehead atoms. The second kappa shape index (κ2) is 15.5. The van der Waals surface area contributed by atoms with E-state index in [2.05, 4.69) is 25.9 Å². The van der Waals surface area contributed by atoms with Crippen LogP contribution < -0.4 is 16.0 Å². The predicted molar refractivity (Wildman–Crippen MR) is 120 cm³/mol. The van der Waals surface area contributed by atoms with Crippen molar-refractivity contribution in [2.24, 2.45) is 10.9 Å². The molecule has 1 aliphatic rings. The highest BCUT2D eigenvalue weighted by Gasteiger charge is 2.13. The Balaban J connectivity index is 0.00000392. The van der Waals surface area contributed by atoms with Gasteiger partial charge in [-0.3, -0.25) is 14.8 Å². The van der Waals surface area contributed by atoms with Crippen LogP contribution in [0.5, 0.6) is 0 Å². The molecule has 1 aromatic rings. The molecule has 0 saturated carbocycles. The van der Waals surface area contributed by atoms with Gasteiger partial charge in [0.15, 0.2) is 5.96 Å². The van der Waals surface area contributed by atoms with Crippen LogP contribution in [0.2, 0.25) is 0 Å². The molecule has 0 aliphatic carbocycles. The molecule has 1 amide bonds. The standard InChI is InChI=1S/C19H31N5O3.HI/c1-20-19(23-8-3-11-27-15-16-5-12-26-13-6-16)24-10-9-22-18(25)17-4-2-7-21-14-17;/h2,4,7,14,16H,3,5-6,8-13,15H2,1H3,(H,22,25)(H2,20,23,24);1H. The van der Waals surface area contributed by atoms with E-state index >= 15 is 0 Å². The van der Waals surface area contributed by atoms with Gasteiger partial charge in [0, 0.05) is 65.5 Å².